The summed E-state index contributed by atoms with van der Waals surface area (Å²) in [5.41, 5.74) is 8.37. The van der Waals surface area contributed by atoms with E-state index >= 15 is 0 Å². The highest BCUT2D eigenvalue weighted by molar-refractivity contribution is 7.87. The molecule has 3 aromatic rings. The Morgan fingerprint density at radius 2 is 1.81 bits per heavy atom. The molecule has 0 aliphatic rings. The maximum absolute atomic E-state index is 12.7. The minimum absolute atomic E-state index is 0.00434. The number of hydrogen-bond acceptors (Lipinski definition) is 6. The van der Waals surface area contributed by atoms with Gasteiger partial charge in [0.25, 0.3) is 0 Å². The fourth-order valence-electron chi connectivity index (χ4n) is 2.41. The lowest BCUT2D eigenvalue weighted by atomic mass is 10.1. The maximum atomic E-state index is 12.7. The van der Waals surface area contributed by atoms with Crippen molar-refractivity contribution in [2.24, 2.45) is 5.11 Å². The Balaban J connectivity index is 2.16. The van der Waals surface area contributed by atoms with Crippen LogP contribution in [0.2, 0.25) is 0 Å². The quantitative estimate of drug-likeness (QED) is 0.224. The van der Waals surface area contributed by atoms with Crippen molar-refractivity contribution < 1.29 is 17.7 Å². The average molecular weight is 367 g/mol. The van der Waals surface area contributed by atoms with Gasteiger partial charge in [-0.1, -0.05) is 29.4 Å². The topological polar surface area (TPSA) is 143 Å². The first-order valence-corrected chi connectivity index (χ1v) is 8.55. The standard InChI is InChI=1S/C16H9N5O4S/c17-19-13-9-8-10-11(16(13)22)4-3-7-15(10)26(23,24)25-14-6-2-1-5-12(14)20-21-18/h1-9H. The Kier molecular flexibility index (Phi) is 4.33. The SMILES string of the molecule is N#[N+]c1ccc2c(S(=O)(=O)Oc3ccccc3N=[N+]=[N-])cccc2c1[O-]. The van der Waals surface area contributed by atoms with Crippen LogP contribution in [0.3, 0.4) is 0 Å². The highest BCUT2D eigenvalue weighted by Crippen LogP contribution is 2.37. The zero-order valence-corrected chi connectivity index (χ0v) is 13.8. The number of para-hydroxylation sites is 1. The molecule has 0 N–H and O–H groups in total. The fourth-order valence-corrected chi connectivity index (χ4v) is 3.57. The molecule has 26 heavy (non-hydrogen) atoms. The summed E-state index contributed by atoms with van der Waals surface area (Å²) in [6.07, 6.45) is 0. The van der Waals surface area contributed by atoms with Crippen LogP contribution in [0.15, 0.2) is 64.6 Å². The second-order valence-corrected chi connectivity index (χ2v) is 6.57. The van der Waals surface area contributed by atoms with E-state index in [-0.39, 0.29) is 32.8 Å². The van der Waals surface area contributed by atoms with Crippen LogP contribution in [0, 0.1) is 5.39 Å². The summed E-state index contributed by atoms with van der Waals surface area (Å²) in [7, 11) is -4.33. The fraction of sp³-hybridized carbons (Fsp3) is 0. The summed E-state index contributed by atoms with van der Waals surface area (Å²) in [5, 5.41) is 24.6. The summed E-state index contributed by atoms with van der Waals surface area (Å²) < 4.78 is 30.5. The van der Waals surface area contributed by atoms with Gasteiger partial charge < -0.3 is 9.29 Å². The van der Waals surface area contributed by atoms with Gasteiger partial charge in [-0.05, 0) is 40.9 Å². The third kappa shape index (κ3) is 2.95. The predicted molar refractivity (Wildman–Crippen MR) is 91.2 cm³/mol. The summed E-state index contributed by atoms with van der Waals surface area (Å²) in [6.45, 7) is 0. The number of azide groups is 1. The molecule has 0 aliphatic heterocycles. The van der Waals surface area contributed by atoms with Crippen molar-refractivity contribution in [2.45, 2.75) is 4.90 Å². The molecular weight excluding hydrogens is 358 g/mol. The number of rotatable bonds is 4. The second kappa shape index (κ2) is 6.60. The van der Waals surface area contributed by atoms with Crippen molar-refractivity contribution in [3.05, 3.63) is 70.0 Å². The van der Waals surface area contributed by atoms with Crippen LogP contribution in [0.1, 0.15) is 0 Å². The van der Waals surface area contributed by atoms with Gasteiger partial charge in [-0.2, -0.15) is 8.42 Å². The van der Waals surface area contributed by atoms with E-state index in [9.17, 15) is 13.5 Å². The monoisotopic (exact) mass is 367 g/mol. The molecule has 0 radical (unpaired) electrons. The molecule has 3 aromatic carbocycles. The van der Waals surface area contributed by atoms with Crippen LogP contribution >= 0.6 is 0 Å². The molecule has 0 saturated heterocycles. The highest BCUT2D eigenvalue weighted by atomic mass is 32.2. The number of nitrogens with zero attached hydrogens (tertiary/aromatic N) is 5. The van der Waals surface area contributed by atoms with Crippen LogP contribution in [-0.2, 0) is 10.1 Å². The van der Waals surface area contributed by atoms with Gasteiger partial charge in [0, 0.05) is 16.4 Å². The molecule has 0 aliphatic carbocycles. The van der Waals surface area contributed by atoms with Gasteiger partial charge in [-0.25, -0.2) is 0 Å². The molecule has 0 heterocycles. The van der Waals surface area contributed by atoms with Crippen molar-refractivity contribution in [2.75, 3.05) is 0 Å². The van der Waals surface area contributed by atoms with E-state index in [1.165, 1.54) is 48.5 Å². The Labute approximate surface area is 147 Å². The minimum Gasteiger partial charge on any atom is -0.867 e. The molecule has 0 aromatic heterocycles. The molecule has 0 spiro atoms. The molecule has 0 saturated carbocycles. The first-order chi connectivity index (χ1) is 12.5. The van der Waals surface area contributed by atoms with Crippen LogP contribution in [0.25, 0.3) is 26.2 Å². The number of fused-ring (bicyclic) bond motifs is 1. The lowest BCUT2D eigenvalue weighted by Gasteiger charge is -2.13. The summed E-state index contributed by atoms with van der Waals surface area (Å²) >= 11 is 0. The summed E-state index contributed by atoms with van der Waals surface area (Å²) in [5.74, 6) is -0.761. The van der Waals surface area contributed by atoms with Crippen molar-refractivity contribution in [1.82, 2.24) is 0 Å². The minimum atomic E-state index is -4.33. The number of diazo groups is 1. The third-order valence-electron chi connectivity index (χ3n) is 3.55. The molecule has 0 bridgehead atoms. The Morgan fingerprint density at radius 1 is 1.04 bits per heavy atom. The molecule has 0 atom stereocenters. The van der Waals surface area contributed by atoms with Crippen molar-refractivity contribution in [1.29, 1.82) is 5.39 Å². The molecule has 0 unspecified atom stereocenters. The zero-order chi connectivity index (χ0) is 18.7. The van der Waals surface area contributed by atoms with Crippen molar-refractivity contribution >= 4 is 32.3 Å². The van der Waals surface area contributed by atoms with E-state index in [2.05, 4.69) is 15.0 Å². The highest BCUT2D eigenvalue weighted by Gasteiger charge is 2.22. The normalized spacial score (nSPS) is 10.7. The van der Waals surface area contributed by atoms with Crippen LogP contribution in [-0.4, -0.2) is 8.42 Å². The molecule has 10 heteroatoms. The molecule has 9 nitrogen and oxygen atoms in total. The van der Waals surface area contributed by atoms with Crippen LogP contribution in [0.5, 0.6) is 11.5 Å². The second-order valence-electron chi connectivity index (χ2n) is 5.06. The first-order valence-electron chi connectivity index (χ1n) is 7.14. The van der Waals surface area contributed by atoms with E-state index in [4.69, 9.17) is 15.1 Å². The lowest BCUT2D eigenvalue weighted by molar-refractivity contribution is -0.264. The molecule has 0 fully saturated rings. The molecular formula is C16H9N5O4S. The van der Waals surface area contributed by atoms with E-state index in [1.807, 2.05) is 0 Å². The molecule has 3 rings (SSSR count). The Morgan fingerprint density at radius 3 is 2.54 bits per heavy atom. The van der Waals surface area contributed by atoms with E-state index < -0.39 is 15.9 Å². The number of hydrogen-bond donors (Lipinski definition) is 0. The van der Waals surface area contributed by atoms with Gasteiger partial charge in [0.2, 0.25) is 5.39 Å². The van der Waals surface area contributed by atoms with Gasteiger partial charge in [-0.3, -0.25) is 0 Å². The summed E-state index contributed by atoms with van der Waals surface area (Å²) in [4.78, 5) is 5.25. The third-order valence-corrected chi connectivity index (χ3v) is 4.84. The number of benzene rings is 3. The van der Waals surface area contributed by atoms with Crippen LogP contribution < -0.4 is 9.29 Å². The van der Waals surface area contributed by atoms with Gasteiger partial charge in [0.15, 0.2) is 10.7 Å². The van der Waals surface area contributed by atoms with Gasteiger partial charge >= 0.3 is 15.8 Å². The van der Waals surface area contributed by atoms with Gasteiger partial charge in [0.1, 0.15) is 4.90 Å². The Bertz CT molecular complexity index is 1210. The van der Waals surface area contributed by atoms with E-state index in [0.29, 0.717) is 0 Å². The largest absolute Gasteiger partial charge is 0.867 e. The maximum Gasteiger partial charge on any atom is 0.378 e. The lowest BCUT2D eigenvalue weighted by Crippen LogP contribution is -2.10. The van der Waals surface area contributed by atoms with E-state index in [1.54, 1.807) is 6.07 Å². The summed E-state index contributed by atoms with van der Waals surface area (Å²) in [6, 6.07) is 12.5. The predicted octanol–water partition coefficient (Wildman–Crippen LogP) is 4.11. The van der Waals surface area contributed by atoms with Gasteiger partial charge in [0.05, 0.1) is 5.69 Å². The Hall–Kier alpha value is -3.80. The smallest absolute Gasteiger partial charge is 0.378 e. The molecule has 0 amide bonds. The van der Waals surface area contributed by atoms with Crippen molar-refractivity contribution in [3.63, 3.8) is 0 Å². The molecule has 128 valence electrons. The van der Waals surface area contributed by atoms with E-state index in [0.717, 1.165) is 0 Å². The first kappa shape index (κ1) is 17.0. The van der Waals surface area contributed by atoms with Gasteiger partial charge in [-0.15, -0.1) is 0 Å². The van der Waals surface area contributed by atoms with Crippen LogP contribution in [0.4, 0.5) is 11.4 Å². The van der Waals surface area contributed by atoms with Crippen molar-refractivity contribution in [3.8, 4) is 11.5 Å². The average Bonchev–Trinajstić information content (AvgIpc) is 2.63. The zero-order valence-electron chi connectivity index (χ0n) is 13.0.